The normalized spacial score (nSPS) is 15.1. The molecule has 42 heavy (non-hydrogen) atoms. The lowest BCUT2D eigenvalue weighted by Crippen LogP contribution is -2.55. The number of amides is 2. The largest absolute Gasteiger partial charge is 0.339 e. The molecule has 1 unspecified atom stereocenters. The molecule has 0 aliphatic carbocycles. The van der Waals surface area contributed by atoms with Crippen molar-refractivity contribution in [2.75, 3.05) is 25.4 Å². The van der Waals surface area contributed by atoms with Crippen LogP contribution in [0, 0.1) is 0 Å². The van der Waals surface area contributed by atoms with Gasteiger partial charge in [0.2, 0.25) is 5.91 Å². The Balaban J connectivity index is 1.10. The Morgan fingerprint density at radius 3 is 2.26 bits per heavy atom. The monoisotopic (exact) mass is 581 g/mol. The number of nitrogens with zero attached hydrogens (tertiary/aromatic N) is 5. The highest BCUT2D eigenvalue weighted by atomic mass is 32.2. The summed E-state index contributed by atoms with van der Waals surface area (Å²) >= 11 is 1.68. The van der Waals surface area contributed by atoms with Crippen LogP contribution in [0.2, 0.25) is 0 Å². The molecule has 1 aliphatic heterocycles. The molecule has 0 bridgehead atoms. The summed E-state index contributed by atoms with van der Waals surface area (Å²) in [5, 5.41) is 9.93. The average Bonchev–Trinajstić information content (AvgIpc) is 3.43. The van der Waals surface area contributed by atoms with Crippen molar-refractivity contribution in [1.82, 2.24) is 24.6 Å². The number of aromatic nitrogens is 3. The molecule has 1 atom stereocenters. The van der Waals surface area contributed by atoms with Gasteiger partial charge in [-0.3, -0.25) is 14.2 Å². The summed E-state index contributed by atoms with van der Waals surface area (Å²) in [5.74, 6) is 1.99. The van der Waals surface area contributed by atoms with E-state index in [1.165, 1.54) is 11.1 Å². The van der Waals surface area contributed by atoms with Crippen LogP contribution in [0.3, 0.4) is 0 Å². The van der Waals surface area contributed by atoms with Crippen LogP contribution >= 0.6 is 11.8 Å². The van der Waals surface area contributed by atoms with Gasteiger partial charge in [0.1, 0.15) is 5.82 Å². The molecular weight excluding hydrogens is 542 g/mol. The van der Waals surface area contributed by atoms with E-state index in [9.17, 15) is 9.59 Å². The van der Waals surface area contributed by atoms with Crippen molar-refractivity contribution in [2.45, 2.75) is 57.1 Å². The van der Waals surface area contributed by atoms with Gasteiger partial charge < -0.3 is 9.80 Å². The number of para-hydroxylation sites is 1. The smallest absolute Gasteiger partial charge is 0.254 e. The number of hydrogen-bond donors (Lipinski definition) is 0. The van der Waals surface area contributed by atoms with Crippen LogP contribution in [-0.2, 0) is 17.6 Å². The Labute approximate surface area is 252 Å². The molecule has 3 aromatic carbocycles. The van der Waals surface area contributed by atoms with Gasteiger partial charge in [-0.2, -0.15) is 0 Å². The van der Waals surface area contributed by atoms with Crippen LogP contribution < -0.4 is 0 Å². The summed E-state index contributed by atoms with van der Waals surface area (Å²) in [6, 6.07) is 28.4. The van der Waals surface area contributed by atoms with E-state index in [0.717, 1.165) is 41.7 Å². The van der Waals surface area contributed by atoms with Gasteiger partial charge in [0.25, 0.3) is 5.91 Å². The molecule has 7 nitrogen and oxygen atoms in total. The molecule has 0 saturated carbocycles. The van der Waals surface area contributed by atoms with Gasteiger partial charge in [0.15, 0.2) is 5.16 Å². The fraction of sp³-hybridized carbons (Fsp3) is 0.353. The highest BCUT2D eigenvalue weighted by Gasteiger charge is 2.30. The second-order valence-corrected chi connectivity index (χ2v) is 11.8. The second kappa shape index (κ2) is 14.3. The highest BCUT2D eigenvalue weighted by Crippen LogP contribution is 2.25. The third-order valence-electron chi connectivity index (χ3n) is 7.79. The van der Waals surface area contributed by atoms with Gasteiger partial charge in [-0.1, -0.05) is 79.3 Å². The molecular formula is C34H39N5O2S. The van der Waals surface area contributed by atoms with E-state index >= 15 is 0 Å². The number of carbonyl (C=O) groups is 2. The van der Waals surface area contributed by atoms with Crippen molar-refractivity contribution >= 4 is 23.6 Å². The third kappa shape index (κ3) is 7.29. The molecule has 0 radical (unpaired) electrons. The zero-order valence-electron chi connectivity index (χ0n) is 24.5. The quantitative estimate of drug-likeness (QED) is 0.159. The molecule has 8 heteroatoms. The van der Waals surface area contributed by atoms with Crippen molar-refractivity contribution in [2.24, 2.45) is 0 Å². The summed E-state index contributed by atoms with van der Waals surface area (Å²) in [7, 11) is 0. The van der Waals surface area contributed by atoms with Gasteiger partial charge in [-0.15, -0.1) is 10.2 Å². The Hall–Kier alpha value is -3.91. The molecule has 1 saturated heterocycles. The molecule has 5 rings (SSSR count). The molecule has 4 aromatic rings. The summed E-state index contributed by atoms with van der Waals surface area (Å²) in [6.07, 6.45) is 3.91. The molecule has 1 fully saturated rings. The molecule has 0 spiro atoms. The van der Waals surface area contributed by atoms with Crippen LogP contribution in [-0.4, -0.2) is 67.8 Å². The summed E-state index contributed by atoms with van der Waals surface area (Å²) < 4.78 is 2.14. The van der Waals surface area contributed by atoms with Gasteiger partial charge in [0, 0.05) is 55.5 Å². The number of thioether (sulfide) groups is 1. The number of carbonyl (C=O) groups excluding carboxylic acids is 2. The minimum Gasteiger partial charge on any atom is -0.339 e. The van der Waals surface area contributed by atoms with E-state index in [1.807, 2.05) is 77.4 Å². The van der Waals surface area contributed by atoms with Gasteiger partial charge in [-0.25, -0.2) is 0 Å². The number of aryl methyl sites for hydroxylation is 1. The van der Waals surface area contributed by atoms with E-state index in [2.05, 4.69) is 46.0 Å². The lowest BCUT2D eigenvalue weighted by molar-refractivity contribution is -0.133. The van der Waals surface area contributed by atoms with Crippen LogP contribution in [0.1, 0.15) is 60.4 Å². The van der Waals surface area contributed by atoms with Crippen LogP contribution in [0.25, 0.3) is 5.69 Å². The van der Waals surface area contributed by atoms with E-state index in [0.29, 0.717) is 38.0 Å². The van der Waals surface area contributed by atoms with Crippen molar-refractivity contribution in [3.63, 3.8) is 0 Å². The number of rotatable bonds is 11. The first kappa shape index (κ1) is 29.6. The lowest BCUT2D eigenvalue weighted by Gasteiger charge is -2.40. The van der Waals surface area contributed by atoms with Gasteiger partial charge >= 0.3 is 0 Å². The molecule has 218 valence electrons. The molecule has 1 aromatic heterocycles. The summed E-state index contributed by atoms with van der Waals surface area (Å²) in [5.41, 5.74) is 4.18. The van der Waals surface area contributed by atoms with Crippen LogP contribution in [0.4, 0.5) is 0 Å². The van der Waals surface area contributed by atoms with Crippen molar-refractivity contribution in [3.8, 4) is 5.69 Å². The average molecular weight is 582 g/mol. The zero-order valence-corrected chi connectivity index (χ0v) is 25.3. The number of unbranched alkanes of at least 4 members (excludes halogenated alkanes) is 1. The SMILES string of the molecule is CCc1ccc(C(=O)N2CCN(C(=O)CCCCSc3nnc(Cc4ccccc4)n3-c3ccccc3)CC2C)cc1. The fourth-order valence-corrected chi connectivity index (χ4v) is 6.33. The topological polar surface area (TPSA) is 71.3 Å². The Morgan fingerprint density at radius 1 is 0.857 bits per heavy atom. The van der Waals surface area contributed by atoms with E-state index < -0.39 is 0 Å². The van der Waals surface area contributed by atoms with Gasteiger partial charge in [0.05, 0.1) is 0 Å². The number of hydrogen-bond acceptors (Lipinski definition) is 5. The van der Waals surface area contributed by atoms with E-state index in [-0.39, 0.29) is 17.9 Å². The Bertz CT molecular complexity index is 1460. The Kier molecular flexibility index (Phi) is 10.1. The maximum absolute atomic E-state index is 13.1. The summed E-state index contributed by atoms with van der Waals surface area (Å²) in [4.78, 5) is 29.9. The van der Waals surface area contributed by atoms with Crippen LogP contribution in [0.5, 0.6) is 0 Å². The predicted octanol–water partition coefficient (Wildman–Crippen LogP) is 6.06. The number of piperazine rings is 1. The summed E-state index contributed by atoms with van der Waals surface area (Å²) in [6.45, 7) is 5.87. The minimum absolute atomic E-state index is 0.00830. The standard InChI is InChI=1S/C34H39N5O2S/c1-3-27-17-19-29(20-18-27)33(41)38-22-21-37(25-26(38)2)32(40)16-10-11-23-42-34-36-35-31(24-28-12-6-4-7-13-28)39(34)30-14-8-5-9-15-30/h4-9,12-15,17-20,26H,3,10-11,16,21-25H2,1-2H3. The maximum Gasteiger partial charge on any atom is 0.254 e. The van der Waals surface area contributed by atoms with Crippen molar-refractivity contribution < 1.29 is 9.59 Å². The molecule has 2 amide bonds. The van der Waals surface area contributed by atoms with Crippen molar-refractivity contribution in [3.05, 3.63) is 107 Å². The molecule has 2 heterocycles. The van der Waals surface area contributed by atoms with Crippen molar-refractivity contribution in [1.29, 1.82) is 0 Å². The first-order chi connectivity index (χ1) is 20.5. The highest BCUT2D eigenvalue weighted by molar-refractivity contribution is 7.99. The molecule has 0 N–H and O–H groups in total. The first-order valence-corrected chi connectivity index (χ1v) is 15.9. The van der Waals surface area contributed by atoms with Gasteiger partial charge in [-0.05, 0) is 61.6 Å². The number of benzene rings is 3. The Morgan fingerprint density at radius 2 is 1.57 bits per heavy atom. The van der Waals surface area contributed by atoms with Crippen LogP contribution in [0.15, 0.2) is 90.1 Å². The second-order valence-electron chi connectivity index (χ2n) is 10.8. The zero-order chi connectivity index (χ0) is 29.3. The molecule has 1 aliphatic rings. The minimum atomic E-state index is -0.00830. The third-order valence-corrected chi connectivity index (χ3v) is 8.80. The maximum atomic E-state index is 13.1. The van der Waals surface area contributed by atoms with E-state index in [4.69, 9.17) is 0 Å². The lowest BCUT2D eigenvalue weighted by atomic mass is 10.1. The first-order valence-electron chi connectivity index (χ1n) is 14.9. The van der Waals surface area contributed by atoms with E-state index in [1.54, 1.807) is 11.8 Å². The predicted molar refractivity (Wildman–Crippen MR) is 168 cm³/mol. The fourth-order valence-electron chi connectivity index (χ4n) is 5.36.